The normalized spacial score (nSPS) is 29.3. The largest absolute Gasteiger partial charge is 0.444 e. The summed E-state index contributed by atoms with van der Waals surface area (Å²) < 4.78 is 5.15. The van der Waals surface area contributed by atoms with Crippen LogP contribution in [0.2, 0.25) is 0 Å². The molecule has 1 fully saturated rings. The molecule has 0 spiro atoms. The van der Waals surface area contributed by atoms with Gasteiger partial charge in [0.15, 0.2) is 0 Å². The van der Waals surface area contributed by atoms with Gasteiger partial charge in [0.2, 0.25) is 0 Å². The van der Waals surface area contributed by atoms with Crippen molar-refractivity contribution < 1.29 is 9.53 Å². The van der Waals surface area contributed by atoms with Crippen LogP contribution in [0.15, 0.2) is 0 Å². The Labute approximate surface area is 73.5 Å². The molecule has 1 saturated heterocycles. The first-order valence-electron chi connectivity index (χ1n) is 4.49. The van der Waals surface area contributed by atoms with Crippen LogP contribution in [0.25, 0.3) is 0 Å². The number of amides is 1. The average Bonchev–Trinajstić information content (AvgIpc) is 2.31. The maximum Gasteiger partial charge on any atom is 0.407 e. The van der Waals surface area contributed by atoms with Gasteiger partial charge in [-0.25, -0.2) is 4.79 Å². The molecule has 0 aromatic rings. The minimum atomic E-state index is -0.271. The highest BCUT2D eigenvalue weighted by atomic mass is 16.6. The summed E-state index contributed by atoms with van der Waals surface area (Å²) in [6.07, 6.45) is -0.232. The van der Waals surface area contributed by atoms with Crippen LogP contribution in [0.5, 0.6) is 0 Å². The van der Waals surface area contributed by atoms with E-state index in [1.165, 1.54) is 0 Å². The molecule has 0 bridgehead atoms. The molecule has 1 N–H and O–H groups in total. The maximum absolute atomic E-state index is 10.9. The fourth-order valence-corrected chi connectivity index (χ4v) is 1.55. The lowest BCUT2D eigenvalue weighted by molar-refractivity contribution is 0.0942. The van der Waals surface area contributed by atoms with Crippen LogP contribution in [0.3, 0.4) is 0 Å². The van der Waals surface area contributed by atoms with E-state index in [0.29, 0.717) is 11.8 Å². The zero-order chi connectivity index (χ0) is 9.30. The van der Waals surface area contributed by atoms with Gasteiger partial charge >= 0.3 is 6.09 Å². The molecule has 0 unspecified atom stereocenters. The first-order chi connectivity index (χ1) is 5.52. The van der Waals surface area contributed by atoms with Crippen LogP contribution in [0.1, 0.15) is 27.7 Å². The molecule has 1 aliphatic rings. The molecule has 12 heavy (non-hydrogen) atoms. The van der Waals surface area contributed by atoms with Crippen LogP contribution in [-0.2, 0) is 4.74 Å². The molecule has 1 aliphatic heterocycles. The molecule has 0 saturated carbocycles. The Bertz CT molecular complexity index is 159. The van der Waals surface area contributed by atoms with E-state index in [1.807, 2.05) is 0 Å². The van der Waals surface area contributed by atoms with Crippen molar-refractivity contribution >= 4 is 6.09 Å². The van der Waals surface area contributed by atoms with Gasteiger partial charge in [-0.2, -0.15) is 0 Å². The van der Waals surface area contributed by atoms with E-state index < -0.39 is 0 Å². The van der Waals surface area contributed by atoms with E-state index in [4.69, 9.17) is 4.74 Å². The van der Waals surface area contributed by atoms with Crippen molar-refractivity contribution in [2.45, 2.75) is 39.8 Å². The molecule has 0 radical (unpaired) electrons. The van der Waals surface area contributed by atoms with E-state index in [0.717, 1.165) is 0 Å². The Morgan fingerprint density at radius 2 is 1.83 bits per heavy atom. The van der Waals surface area contributed by atoms with Crippen LogP contribution in [-0.4, -0.2) is 18.2 Å². The van der Waals surface area contributed by atoms with Gasteiger partial charge in [-0.1, -0.05) is 27.7 Å². The Morgan fingerprint density at radius 3 is 2.17 bits per heavy atom. The maximum atomic E-state index is 10.9. The van der Waals surface area contributed by atoms with E-state index in [9.17, 15) is 4.79 Å². The third-order valence-electron chi connectivity index (χ3n) is 2.26. The van der Waals surface area contributed by atoms with Crippen molar-refractivity contribution in [3.63, 3.8) is 0 Å². The van der Waals surface area contributed by atoms with E-state index in [1.54, 1.807) is 0 Å². The summed E-state index contributed by atoms with van der Waals surface area (Å²) in [6.45, 7) is 8.32. The quantitative estimate of drug-likeness (QED) is 0.687. The predicted octanol–water partition coefficient (Wildman–Crippen LogP) is 1.78. The van der Waals surface area contributed by atoms with Gasteiger partial charge < -0.3 is 10.1 Å². The summed E-state index contributed by atoms with van der Waals surface area (Å²) in [5.41, 5.74) is 0. The Hall–Kier alpha value is -0.730. The Balaban J connectivity index is 2.65. The molecular formula is C9H17NO2. The van der Waals surface area contributed by atoms with Gasteiger partial charge in [-0.15, -0.1) is 0 Å². The SMILES string of the molecule is CC(C)[C@H]1NC(=O)O[C@H]1C(C)C. The minimum Gasteiger partial charge on any atom is -0.444 e. The molecule has 0 aromatic heterocycles. The number of hydrogen-bond donors (Lipinski definition) is 1. The highest BCUT2D eigenvalue weighted by Crippen LogP contribution is 2.22. The van der Waals surface area contributed by atoms with Crippen molar-refractivity contribution in [3.8, 4) is 0 Å². The van der Waals surface area contributed by atoms with Gasteiger partial charge in [0, 0.05) is 0 Å². The first-order valence-corrected chi connectivity index (χ1v) is 4.49. The van der Waals surface area contributed by atoms with Crippen LogP contribution < -0.4 is 5.32 Å². The Kier molecular flexibility index (Phi) is 2.60. The van der Waals surface area contributed by atoms with Crippen molar-refractivity contribution in [2.24, 2.45) is 11.8 Å². The molecule has 1 rings (SSSR count). The number of carbonyl (C=O) groups excluding carboxylic acids is 1. The number of cyclic esters (lactones) is 1. The fourth-order valence-electron chi connectivity index (χ4n) is 1.55. The summed E-state index contributed by atoms with van der Waals surface area (Å²) >= 11 is 0. The summed E-state index contributed by atoms with van der Waals surface area (Å²) in [6, 6.07) is 0.178. The summed E-state index contributed by atoms with van der Waals surface area (Å²) in [4.78, 5) is 10.9. The minimum absolute atomic E-state index is 0.0394. The van der Waals surface area contributed by atoms with Crippen LogP contribution in [0, 0.1) is 11.8 Å². The number of rotatable bonds is 2. The molecule has 70 valence electrons. The summed E-state index contributed by atoms with van der Waals surface area (Å²) in [7, 11) is 0. The van der Waals surface area contributed by atoms with Gasteiger partial charge in [-0.3, -0.25) is 0 Å². The highest BCUT2D eigenvalue weighted by Gasteiger charge is 2.37. The van der Waals surface area contributed by atoms with Crippen LogP contribution in [0.4, 0.5) is 4.79 Å². The Morgan fingerprint density at radius 1 is 1.25 bits per heavy atom. The average molecular weight is 171 g/mol. The lowest BCUT2D eigenvalue weighted by Crippen LogP contribution is -2.38. The highest BCUT2D eigenvalue weighted by molar-refractivity contribution is 5.70. The van der Waals surface area contributed by atoms with Crippen molar-refractivity contribution in [3.05, 3.63) is 0 Å². The molecule has 1 amide bonds. The van der Waals surface area contributed by atoms with E-state index in [2.05, 4.69) is 33.0 Å². The second-order valence-corrected chi connectivity index (χ2v) is 4.03. The van der Waals surface area contributed by atoms with Crippen molar-refractivity contribution in [2.75, 3.05) is 0 Å². The second-order valence-electron chi connectivity index (χ2n) is 4.03. The zero-order valence-corrected chi connectivity index (χ0v) is 8.13. The van der Waals surface area contributed by atoms with Crippen molar-refractivity contribution in [1.82, 2.24) is 5.32 Å². The molecule has 3 nitrogen and oxygen atoms in total. The predicted molar refractivity (Wildman–Crippen MR) is 46.9 cm³/mol. The van der Waals surface area contributed by atoms with E-state index in [-0.39, 0.29) is 18.2 Å². The number of ether oxygens (including phenoxy) is 1. The van der Waals surface area contributed by atoms with Gasteiger partial charge in [0.05, 0.1) is 6.04 Å². The topological polar surface area (TPSA) is 38.3 Å². The van der Waals surface area contributed by atoms with Crippen molar-refractivity contribution in [1.29, 1.82) is 0 Å². The summed E-state index contributed by atoms with van der Waals surface area (Å²) in [5, 5.41) is 2.82. The smallest absolute Gasteiger partial charge is 0.407 e. The third-order valence-corrected chi connectivity index (χ3v) is 2.26. The molecule has 0 aromatic carbocycles. The molecule has 0 aliphatic carbocycles. The zero-order valence-electron chi connectivity index (χ0n) is 8.13. The standard InChI is InChI=1S/C9H17NO2/c1-5(2)7-8(6(3)4)12-9(11)10-7/h5-8H,1-4H3,(H,10,11)/t7-,8+/m1/s1. The van der Waals surface area contributed by atoms with E-state index >= 15 is 0 Å². The van der Waals surface area contributed by atoms with Gasteiger partial charge in [0.25, 0.3) is 0 Å². The van der Waals surface area contributed by atoms with Gasteiger partial charge in [0.1, 0.15) is 6.10 Å². The van der Waals surface area contributed by atoms with Crippen LogP contribution >= 0.6 is 0 Å². The number of nitrogens with one attached hydrogen (secondary N) is 1. The summed E-state index contributed by atoms with van der Waals surface area (Å²) in [5.74, 6) is 0.820. The molecule has 3 heteroatoms. The monoisotopic (exact) mass is 171 g/mol. The lowest BCUT2D eigenvalue weighted by atomic mass is 9.92. The fraction of sp³-hybridized carbons (Fsp3) is 0.889. The molecule has 1 heterocycles. The number of alkyl carbamates (subject to hydrolysis) is 1. The first kappa shape index (κ1) is 9.36. The van der Waals surface area contributed by atoms with Gasteiger partial charge in [-0.05, 0) is 11.8 Å². The number of carbonyl (C=O) groups is 1. The second kappa shape index (κ2) is 3.33. The molecular weight excluding hydrogens is 154 g/mol. The lowest BCUT2D eigenvalue weighted by Gasteiger charge is -2.22. The number of hydrogen-bond acceptors (Lipinski definition) is 2. The third kappa shape index (κ3) is 1.71. The molecule has 2 atom stereocenters.